The molecule has 0 bridgehead atoms. The maximum atomic E-state index is 12.4. The summed E-state index contributed by atoms with van der Waals surface area (Å²) in [6.45, 7) is 3.59. The van der Waals surface area contributed by atoms with Gasteiger partial charge in [-0.15, -0.1) is 0 Å². The second-order valence-corrected chi connectivity index (χ2v) is 6.02. The summed E-state index contributed by atoms with van der Waals surface area (Å²) < 4.78 is 26.5. The first-order valence-electron chi connectivity index (χ1n) is 8.35. The van der Waals surface area contributed by atoms with Gasteiger partial charge in [0.15, 0.2) is 11.5 Å². The number of esters is 2. The van der Waals surface area contributed by atoms with E-state index in [2.05, 4.69) is 0 Å². The average molecular weight is 364 g/mol. The molecule has 0 unspecified atom stereocenters. The van der Waals surface area contributed by atoms with E-state index >= 15 is 0 Å². The Balaban J connectivity index is 2.38. The fourth-order valence-corrected chi connectivity index (χ4v) is 2.65. The summed E-state index contributed by atoms with van der Waals surface area (Å²) in [7, 11) is 4.47. The van der Waals surface area contributed by atoms with E-state index in [1.807, 2.05) is 6.92 Å². The van der Waals surface area contributed by atoms with Crippen molar-refractivity contribution in [2.24, 2.45) is 0 Å². The predicted molar refractivity (Wildman–Crippen MR) is 94.2 cm³/mol. The first-order chi connectivity index (χ1) is 12.4. The molecule has 0 N–H and O–H groups in total. The molecule has 0 amide bonds. The van der Waals surface area contributed by atoms with Gasteiger partial charge in [-0.05, 0) is 18.6 Å². The smallest absolute Gasteiger partial charge is 0.348 e. The van der Waals surface area contributed by atoms with Gasteiger partial charge in [0.25, 0.3) is 5.79 Å². The fourth-order valence-electron chi connectivity index (χ4n) is 2.65. The first-order valence-corrected chi connectivity index (χ1v) is 8.35. The molecular formula is C19H24O7. The van der Waals surface area contributed by atoms with Crippen molar-refractivity contribution in [1.29, 1.82) is 0 Å². The van der Waals surface area contributed by atoms with Gasteiger partial charge in [0.1, 0.15) is 11.3 Å². The second kappa shape index (κ2) is 8.12. The lowest BCUT2D eigenvalue weighted by molar-refractivity contribution is -0.230. The van der Waals surface area contributed by atoms with Crippen LogP contribution in [-0.4, -0.2) is 39.1 Å². The molecule has 1 aliphatic rings. The molecule has 1 aliphatic heterocycles. The molecule has 7 nitrogen and oxygen atoms in total. The molecule has 26 heavy (non-hydrogen) atoms. The number of hydrogen-bond donors (Lipinski definition) is 0. The van der Waals surface area contributed by atoms with Crippen LogP contribution >= 0.6 is 0 Å². The Labute approximate surface area is 152 Å². The Morgan fingerprint density at radius 2 is 1.50 bits per heavy atom. The number of benzene rings is 1. The van der Waals surface area contributed by atoms with Crippen molar-refractivity contribution in [1.82, 2.24) is 0 Å². The van der Waals surface area contributed by atoms with Crippen molar-refractivity contribution in [3.8, 4) is 17.2 Å². The van der Waals surface area contributed by atoms with Crippen molar-refractivity contribution in [3.05, 3.63) is 23.3 Å². The van der Waals surface area contributed by atoms with Gasteiger partial charge in [-0.25, -0.2) is 9.59 Å². The van der Waals surface area contributed by atoms with Crippen LogP contribution in [-0.2, 0) is 19.1 Å². The van der Waals surface area contributed by atoms with Gasteiger partial charge >= 0.3 is 11.9 Å². The van der Waals surface area contributed by atoms with E-state index in [9.17, 15) is 9.59 Å². The summed E-state index contributed by atoms with van der Waals surface area (Å²) in [5.74, 6) is -1.37. The number of cyclic esters (lactones) is 2. The number of rotatable bonds is 7. The Bertz CT molecular complexity index is 701. The minimum Gasteiger partial charge on any atom is -0.496 e. The maximum Gasteiger partial charge on any atom is 0.348 e. The Hall–Kier alpha value is -2.70. The van der Waals surface area contributed by atoms with Crippen LogP contribution in [0.3, 0.4) is 0 Å². The highest BCUT2D eigenvalue weighted by molar-refractivity contribution is 6.19. The molecule has 7 heteroatoms. The minimum absolute atomic E-state index is 0.204. The third-order valence-electron chi connectivity index (χ3n) is 4.08. The molecule has 2 rings (SSSR count). The monoisotopic (exact) mass is 364 g/mol. The normalized spacial score (nSPS) is 19.5. The Morgan fingerprint density at radius 1 is 0.962 bits per heavy atom. The summed E-state index contributed by atoms with van der Waals surface area (Å²) in [5, 5.41) is 0. The van der Waals surface area contributed by atoms with Crippen LogP contribution in [0.4, 0.5) is 0 Å². The molecule has 1 saturated heterocycles. The lowest BCUT2D eigenvalue weighted by Crippen LogP contribution is -2.44. The molecule has 0 aromatic heterocycles. The highest BCUT2D eigenvalue weighted by atomic mass is 16.7. The zero-order chi connectivity index (χ0) is 19.3. The molecule has 0 atom stereocenters. The van der Waals surface area contributed by atoms with E-state index in [1.54, 1.807) is 19.1 Å². The summed E-state index contributed by atoms with van der Waals surface area (Å²) in [6.07, 6.45) is 3.49. The van der Waals surface area contributed by atoms with Gasteiger partial charge in [-0.1, -0.05) is 13.3 Å². The third-order valence-corrected chi connectivity index (χ3v) is 4.08. The molecule has 0 aliphatic carbocycles. The first kappa shape index (κ1) is 19.6. The second-order valence-electron chi connectivity index (χ2n) is 6.02. The van der Waals surface area contributed by atoms with Crippen molar-refractivity contribution in [3.63, 3.8) is 0 Å². The highest BCUT2D eigenvalue weighted by Crippen LogP contribution is 2.37. The fraction of sp³-hybridized carbons (Fsp3) is 0.474. The van der Waals surface area contributed by atoms with Crippen molar-refractivity contribution < 1.29 is 33.3 Å². The van der Waals surface area contributed by atoms with Gasteiger partial charge in [-0.3, -0.25) is 0 Å². The van der Waals surface area contributed by atoms with Crippen LogP contribution in [0, 0.1) is 0 Å². The van der Waals surface area contributed by atoms with Gasteiger partial charge in [0.2, 0.25) is 0 Å². The molecule has 0 saturated carbocycles. The van der Waals surface area contributed by atoms with E-state index < -0.39 is 17.7 Å². The lowest BCUT2D eigenvalue weighted by Gasteiger charge is -2.33. The van der Waals surface area contributed by atoms with Crippen LogP contribution in [0.2, 0.25) is 0 Å². The summed E-state index contributed by atoms with van der Waals surface area (Å²) >= 11 is 0. The maximum absolute atomic E-state index is 12.4. The van der Waals surface area contributed by atoms with Crippen LogP contribution in [0.5, 0.6) is 17.2 Å². The lowest BCUT2D eigenvalue weighted by atomic mass is 10.1. The van der Waals surface area contributed by atoms with Crippen LogP contribution in [0.25, 0.3) is 6.08 Å². The number of methoxy groups -OCH3 is 3. The van der Waals surface area contributed by atoms with Crippen LogP contribution in [0.15, 0.2) is 17.7 Å². The zero-order valence-electron chi connectivity index (χ0n) is 15.7. The summed E-state index contributed by atoms with van der Waals surface area (Å²) in [6, 6.07) is 3.21. The third kappa shape index (κ3) is 4.09. The standard InChI is InChI=1S/C19H24O7/c1-6-7-8-19(2)25-17(20)13(18(21)26-19)9-12-10-15(23-4)16(24-5)11-14(12)22-3/h9-11H,6-8H2,1-5H3. The molecule has 1 aromatic rings. The SMILES string of the molecule is CCCCC1(C)OC(=O)C(=Cc2cc(OC)c(OC)cc2OC)C(=O)O1. The van der Waals surface area contributed by atoms with Crippen LogP contribution in [0.1, 0.15) is 38.7 Å². The molecule has 1 fully saturated rings. The van der Waals surface area contributed by atoms with E-state index in [0.717, 1.165) is 12.8 Å². The largest absolute Gasteiger partial charge is 0.496 e. The molecule has 0 radical (unpaired) electrons. The zero-order valence-corrected chi connectivity index (χ0v) is 15.7. The van der Waals surface area contributed by atoms with E-state index in [1.165, 1.54) is 27.4 Å². The van der Waals surface area contributed by atoms with Gasteiger partial charge < -0.3 is 23.7 Å². The number of hydrogen-bond acceptors (Lipinski definition) is 7. The average Bonchev–Trinajstić information content (AvgIpc) is 2.62. The Morgan fingerprint density at radius 3 is 2.00 bits per heavy atom. The van der Waals surface area contributed by atoms with Crippen LogP contribution < -0.4 is 14.2 Å². The van der Waals surface area contributed by atoms with E-state index in [0.29, 0.717) is 29.2 Å². The van der Waals surface area contributed by atoms with Crippen molar-refractivity contribution in [2.45, 2.75) is 38.9 Å². The summed E-state index contributed by atoms with van der Waals surface area (Å²) in [5.41, 5.74) is 0.260. The molecule has 1 aromatic carbocycles. The molecule has 1 heterocycles. The molecule has 142 valence electrons. The molecular weight excluding hydrogens is 340 g/mol. The minimum atomic E-state index is -1.23. The van der Waals surface area contributed by atoms with E-state index in [-0.39, 0.29) is 5.57 Å². The number of carbonyl (C=O) groups excluding carboxylic acids is 2. The van der Waals surface area contributed by atoms with E-state index in [4.69, 9.17) is 23.7 Å². The number of unbranched alkanes of at least 4 members (excludes halogenated alkanes) is 1. The van der Waals surface area contributed by atoms with Crippen molar-refractivity contribution in [2.75, 3.05) is 21.3 Å². The topological polar surface area (TPSA) is 80.3 Å². The summed E-state index contributed by atoms with van der Waals surface area (Å²) in [4.78, 5) is 24.8. The van der Waals surface area contributed by atoms with Gasteiger partial charge in [0.05, 0.1) is 21.3 Å². The molecule has 0 spiro atoms. The van der Waals surface area contributed by atoms with Gasteiger partial charge in [0, 0.05) is 25.0 Å². The predicted octanol–water partition coefficient (Wildman–Crippen LogP) is 3.10. The number of carbonyl (C=O) groups is 2. The quantitative estimate of drug-likeness (QED) is 0.418. The highest BCUT2D eigenvalue weighted by Gasteiger charge is 2.42. The Kier molecular flexibility index (Phi) is 6.13. The van der Waals surface area contributed by atoms with Gasteiger partial charge in [-0.2, -0.15) is 0 Å². The number of ether oxygens (including phenoxy) is 5. The van der Waals surface area contributed by atoms with Crippen molar-refractivity contribution >= 4 is 18.0 Å².